The summed E-state index contributed by atoms with van der Waals surface area (Å²) in [6.45, 7) is 1.93. The molecule has 0 unspecified atom stereocenters. The minimum Gasteiger partial charge on any atom is -0.495 e. The van der Waals surface area contributed by atoms with Crippen LogP contribution in [0.4, 0.5) is 5.69 Å². The van der Waals surface area contributed by atoms with Gasteiger partial charge in [-0.3, -0.25) is 4.79 Å². The minimum atomic E-state index is -0.355. The highest BCUT2D eigenvalue weighted by Crippen LogP contribution is 2.25. The third-order valence-corrected chi connectivity index (χ3v) is 2.26. The number of amides is 1. The molecule has 1 heterocycles. The minimum absolute atomic E-state index is 0.161. The zero-order valence-corrected chi connectivity index (χ0v) is 9.56. The van der Waals surface area contributed by atoms with Crippen molar-refractivity contribution in [1.82, 2.24) is 5.16 Å². The quantitative estimate of drug-likeness (QED) is 0.881. The molecule has 1 aromatic carbocycles. The number of ether oxygens (including phenoxy) is 1. The van der Waals surface area contributed by atoms with Gasteiger partial charge in [-0.05, 0) is 24.6 Å². The smallest absolute Gasteiger partial charge is 0.294 e. The van der Waals surface area contributed by atoms with Gasteiger partial charge in [0, 0.05) is 6.07 Å². The van der Waals surface area contributed by atoms with Gasteiger partial charge in [0.15, 0.2) is 0 Å². The van der Waals surface area contributed by atoms with E-state index in [1.165, 1.54) is 12.3 Å². The zero-order valence-electron chi connectivity index (χ0n) is 9.56. The topological polar surface area (TPSA) is 64.4 Å². The highest BCUT2D eigenvalue weighted by molar-refractivity contribution is 6.03. The van der Waals surface area contributed by atoms with Crippen molar-refractivity contribution in [2.45, 2.75) is 6.92 Å². The predicted octanol–water partition coefficient (Wildman–Crippen LogP) is 2.24. The SMILES string of the molecule is COc1ccc(C)cc1NC(=O)c1ccno1. The number of carbonyl (C=O) groups is 1. The van der Waals surface area contributed by atoms with Gasteiger partial charge in [0.1, 0.15) is 5.75 Å². The maximum absolute atomic E-state index is 11.8. The molecule has 0 spiro atoms. The fourth-order valence-corrected chi connectivity index (χ4v) is 1.44. The zero-order chi connectivity index (χ0) is 12.3. The molecule has 0 fully saturated rings. The molecule has 88 valence electrons. The largest absolute Gasteiger partial charge is 0.495 e. The van der Waals surface area contributed by atoms with Crippen LogP contribution in [0.3, 0.4) is 0 Å². The number of carbonyl (C=O) groups excluding carboxylic acids is 1. The third-order valence-electron chi connectivity index (χ3n) is 2.26. The summed E-state index contributed by atoms with van der Waals surface area (Å²) < 4.78 is 9.93. The van der Waals surface area contributed by atoms with Crippen LogP contribution in [-0.2, 0) is 0 Å². The van der Waals surface area contributed by atoms with Gasteiger partial charge >= 0.3 is 0 Å². The number of nitrogens with zero attached hydrogens (tertiary/aromatic N) is 1. The Bertz CT molecular complexity index is 521. The Hall–Kier alpha value is -2.30. The molecular weight excluding hydrogens is 220 g/mol. The molecule has 0 aliphatic rings. The maximum Gasteiger partial charge on any atom is 0.294 e. The van der Waals surface area contributed by atoms with Crippen LogP contribution in [0.15, 0.2) is 35.0 Å². The van der Waals surface area contributed by atoms with Gasteiger partial charge in [0.05, 0.1) is 19.0 Å². The molecular formula is C12H12N2O3. The maximum atomic E-state index is 11.8. The summed E-state index contributed by atoms with van der Waals surface area (Å²) in [7, 11) is 1.55. The molecule has 17 heavy (non-hydrogen) atoms. The molecule has 2 aromatic rings. The molecule has 0 bridgehead atoms. The number of anilines is 1. The summed E-state index contributed by atoms with van der Waals surface area (Å²) in [5, 5.41) is 6.18. The molecule has 0 aliphatic carbocycles. The van der Waals surface area contributed by atoms with Crippen LogP contribution in [-0.4, -0.2) is 18.2 Å². The van der Waals surface area contributed by atoms with E-state index in [1.54, 1.807) is 13.2 Å². The summed E-state index contributed by atoms with van der Waals surface area (Å²) in [5.74, 6) is 0.406. The lowest BCUT2D eigenvalue weighted by Crippen LogP contribution is -2.11. The van der Waals surface area contributed by atoms with Crippen LogP contribution < -0.4 is 10.1 Å². The van der Waals surface area contributed by atoms with E-state index in [0.717, 1.165) is 5.56 Å². The number of rotatable bonds is 3. The molecule has 0 saturated heterocycles. The van der Waals surface area contributed by atoms with Gasteiger partial charge in [0.25, 0.3) is 5.91 Å². The second-order valence-electron chi connectivity index (χ2n) is 3.53. The van der Waals surface area contributed by atoms with Crippen molar-refractivity contribution < 1.29 is 14.1 Å². The lowest BCUT2D eigenvalue weighted by atomic mass is 10.2. The first-order valence-corrected chi connectivity index (χ1v) is 5.07. The van der Waals surface area contributed by atoms with E-state index in [2.05, 4.69) is 10.5 Å². The predicted molar refractivity (Wildman–Crippen MR) is 62.2 cm³/mol. The first-order chi connectivity index (χ1) is 8.20. The molecule has 2 rings (SSSR count). The summed E-state index contributed by atoms with van der Waals surface area (Å²) >= 11 is 0. The molecule has 1 N–H and O–H groups in total. The van der Waals surface area contributed by atoms with Crippen LogP contribution in [0.25, 0.3) is 0 Å². The molecule has 1 aromatic heterocycles. The van der Waals surface area contributed by atoms with E-state index >= 15 is 0 Å². The van der Waals surface area contributed by atoms with Crippen molar-refractivity contribution >= 4 is 11.6 Å². The number of hydrogen-bond acceptors (Lipinski definition) is 4. The van der Waals surface area contributed by atoms with Crippen LogP contribution in [0.5, 0.6) is 5.75 Å². The van der Waals surface area contributed by atoms with E-state index in [0.29, 0.717) is 11.4 Å². The van der Waals surface area contributed by atoms with Crippen LogP contribution in [0.1, 0.15) is 16.1 Å². The first-order valence-electron chi connectivity index (χ1n) is 5.07. The van der Waals surface area contributed by atoms with Gasteiger partial charge in [-0.2, -0.15) is 0 Å². The Kier molecular flexibility index (Phi) is 3.09. The monoisotopic (exact) mass is 232 g/mol. The van der Waals surface area contributed by atoms with Gasteiger partial charge in [-0.25, -0.2) is 0 Å². The average molecular weight is 232 g/mol. The van der Waals surface area contributed by atoms with E-state index in [9.17, 15) is 4.79 Å². The molecule has 5 nitrogen and oxygen atoms in total. The van der Waals surface area contributed by atoms with E-state index < -0.39 is 0 Å². The lowest BCUT2D eigenvalue weighted by molar-refractivity contribution is 0.0987. The van der Waals surface area contributed by atoms with Crippen molar-refractivity contribution in [3.05, 3.63) is 41.8 Å². The van der Waals surface area contributed by atoms with Gasteiger partial charge in [0.2, 0.25) is 5.76 Å². The third kappa shape index (κ3) is 2.44. The van der Waals surface area contributed by atoms with E-state index in [4.69, 9.17) is 9.26 Å². The van der Waals surface area contributed by atoms with Crippen LogP contribution in [0.2, 0.25) is 0 Å². The van der Waals surface area contributed by atoms with Crippen LogP contribution in [0, 0.1) is 6.92 Å². The van der Waals surface area contributed by atoms with Gasteiger partial charge in [-0.1, -0.05) is 11.2 Å². The Morgan fingerprint density at radius 3 is 2.88 bits per heavy atom. The standard InChI is InChI=1S/C12H12N2O3/c1-8-3-4-10(16-2)9(7-8)14-12(15)11-5-6-13-17-11/h3-7H,1-2H3,(H,14,15). The molecule has 1 amide bonds. The van der Waals surface area contributed by atoms with Crippen molar-refractivity contribution in [2.24, 2.45) is 0 Å². The summed E-state index contributed by atoms with van der Waals surface area (Å²) in [6.07, 6.45) is 1.42. The Labute approximate surface area is 98.4 Å². The molecule has 0 atom stereocenters. The fraction of sp³-hybridized carbons (Fsp3) is 0.167. The van der Waals surface area contributed by atoms with Crippen molar-refractivity contribution in [2.75, 3.05) is 12.4 Å². The van der Waals surface area contributed by atoms with Crippen LogP contribution >= 0.6 is 0 Å². The number of methoxy groups -OCH3 is 1. The Morgan fingerprint density at radius 2 is 2.24 bits per heavy atom. The first kappa shape index (κ1) is 11.2. The average Bonchev–Trinajstić information content (AvgIpc) is 2.83. The number of nitrogens with one attached hydrogen (secondary N) is 1. The molecule has 0 saturated carbocycles. The Morgan fingerprint density at radius 1 is 1.41 bits per heavy atom. The second kappa shape index (κ2) is 4.69. The molecule has 0 aliphatic heterocycles. The highest BCUT2D eigenvalue weighted by Gasteiger charge is 2.12. The highest BCUT2D eigenvalue weighted by atomic mass is 16.5. The van der Waals surface area contributed by atoms with Crippen molar-refractivity contribution in [3.8, 4) is 5.75 Å². The van der Waals surface area contributed by atoms with Gasteiger partial charge in [-0.15, -0.1) is 0 Å². The number of benzene rings is 1. The van der Waals surface area contributed by atoms with Crippen molar-refractivity contribution in [1.29, 1.82) is 0 Å². The summed E-state index contributed by atoms with van der Waals surface area (Å²) in [6, 6.07) is 7.03. The Balaban J connectivity index is 2.23. The number of hydrogen-bond donors (Lipinski definition) is 1. The number of aryl methyl sites for hydroxylation is 1. The van der Waals surface area contributed by atoms with E-state index in [-0.39, 0.29) is 11.7 Å². The van der Waals surface area contributed by atoms with Crippen molar-refractivity contribution in [3.63, 3.8) is 0 Å². The molecule has 5 heteroatoms. The lowest BCUT2D eigenvalue weighted by Gasteiger charge is -2.09. The normalized spacial score (nSPS) is 10.0. The van der Waals surface area contributed by atoms with E-state index in [1.807, 2.05) is 19.1 Å². The second-order valence-corrected chi connectivity index (χ2v) is 3.53. The number of aromatic nitrogens is 1. The summed E-state index contributed by atoms with van der Waals surface area (Å²) in [4.78, 5) is 11.8. The summed E-state index contributed by atoms with van der Waals surface area (Å²) in [5.41, 5.74) is 1.63. The fourth-order valence-electron chi connectivity index (χ4n) is 1.44. The molecule has 0 radical (unpaired) electrons. The van der Waals surface area contributed by atoms with Gasteiger partial charge < -0.3 is 14.6 Å².